The molecule has 0 aromatic heterocycles. The summed E-state index contributed by atoms with van der Waals surface area (Å²) in [7, 11) is 1.96. The van der Waals surface area contributed by atoms with Crippen molar-refractivity contribution in [3.63, 3.8) is 0 Å². The van der Waals surface area contributed by atoms with Crippen molar-refractivity contribution in [3.05, 3.63) is 0 Å². The molecule has 0 atom stereocenters. The summed E-state index contributed by atoms with van der Waals surface area (Å²) in [5.74, 6) is 0.286. The molecule has 0 aromatic rings. The van der Waals surface area contributed by atoms with Crippen LogP contribution in [0.2, 0.25) is 0 Å². The molecule has 0 saturated carbocycles. The van der Waals surface area contributed by atoms with E-state index in [1.807, 2.05) is 11.9 Å². The molecule has 4 heteroatoms. The SMILES string of the molecule is CCN1CCC(N(C)C(=O)CCCCN)CC1. The second-order valence-electron chi connectivity index (χ2n) is 4.92. The lowest BCUT2D eigenvalue weighted by atomic mass is 10.0. The van der Waals surface area contributed by atoms with Gasteiger partial charge in [0, 0.05) is 32.6 Å². The van der Waals surface area contributed by atoms with Gasteiger partial charge in [-0.15, -0.1) is 0 Å². The van der Waals surface area contributed by atoms with Crippen molar-refractivity contribution in [2.75, 3.05) is 33.2 Å². The number of hydrogen-bond acceptors (Lipinski definition) is 3. The first-order valence-corrected chi connectivity index (χ1v) is 6.87. The van der Waals surface area contributed by atoms with E-state index in [1.54, 1.807) is 0 Å². The molecule has 0 aromatic carbocycles. The van der Waals surface area contributed by atoms with Gasteiger partial charge in [0.05, 0.1) is 0 Å². The highest BCUT2D eigenvalue weighted by Crippen LogP contribution is 2.16. The van der Waals surface area contributed by atoms with Crippen molar-refractivity contribution in [2.24, 2.45) is 5.73 Å². The van der Waals surface area contributed by atoms with Gasteiger partial charge in [0.25, 0.3) is 0 Å². The van der Waals surface area contributed by atoms with Gasteiger partial charge < -0.3 is 15.5 Å². The third-order valence-electron chi connectivity index (χ3n) is 3.79. The maximum absolute atomic E-state index is 11.9. The number of carbonyl (C=O) groups is 1. The van der Waals surface area contributed by atoms with Crippen molar-refractivity contribution in [1.82, 2.24) is 9.80 Å². The van der Waals surface area contributed by atoms with Crippen LogP contribution < -0.4 is 5.73 Å². The Kier molecular flexibility index (Phi) is 6.52. The average Bonchev–Trinajstić information content (AvgIpc) is 2.38. The highest BCUT2D eigenvalue weighted by atomic mass is 16.2. The molecule has 2 N–H and O–H groups in total. The Labute approximate surface area is 105 Å². The van der Waals surface area contributed by atoms with E-state index in [-0.39, 0.29) is 5.91 Å². The number of unbranched alkanes of at least 4 members (excludes halogenated alkanes) is 1. The van der Waals surface area contributed by atoms with Crippen molar-refractivity contribution in [3.8, 4) is 0 Å². The number of carbonyl (C=O) groups excluding carboxylic acids is 1. The summed E-state index contributed by atoms with van der Waals surface area (Å²) in [4.78, 5) is 16.3. The fourth-order valence-electron chi connectivity index (χ4n) is 2.42. The largest absolute Gasteiger partial charge is 0.343 e. The average molecular weight is 241 g/mol. The molecule has 0 bridgehead atoms. The first-order chi connectivity index (χ1) is 8.19. The van der Waals surface area contributed by atoms with Gasteiger partial charge in [-0.25, -0.2) is 0 Å². The van der Waals surface area contributed by atoms with Crippen LogP contribution >= 0.6 is 0 Å². The van der Waals surface area contributed by atoms with Gasteiger partial charge >= 0.3 is 0 Å². The Morgan fingerprint density at radius 2 is 2.00 bits per heavy atom. The van der Waals surface area contributed by atoms with E-state index in [0.717, 1.165) is 45.3 Å². The Morgan fingerprint density at radius 3 is 2.53 bits per heavy atom. The molecule has 1 saturated heterocycles. The summed E-state index contributed by atoms with van der Waals surface area (Å²) in [6.45, 7) is 6.26. The van der Waals surface area contributed by atoms with Gasteiger partial charge in [-0.1, -0.05) is 6.92 Å². The van der Waals surface area contributed by atoms with E-state index in [4.69, 9.17) is 5.73 Å². The number of likely N-dealkylation sites (tertiary alicyclic amines) is 1. The molecule has 0 radical (unpaired) electrons. The highest BCUT2D eigenvalue weighted by Gasteiger charge is 2.24. The molecule has 1 rings (SSSR count). The van der Waals surface area contributed by atoms with Crippen molar-refractivity contribution in [1.29, 1.82) is 0 Å². The topological polar surface area (TPSA) is 49.6 Å². The standard InChI is InChI=1S/C13H27N3O/c1-3-16-10-7-12(8-11-16)15(2)13(17)6-4-5-9-14/h12H,3-11,14H2,1-2H3. The number of rotatable bonds is 6. The minimum Gasteiger partial charge on any atom is -0.343 e. The third kappa shape index (κ3) is 4.64. The summed E-state index contributed by atoms with van der Waals surface area (Å²) >= 11 is 0. The zero-order valence-corrected chi connectivity index (χ0v) is 11.3. The number of piperidine rings is 1. The van der Waals surface area contributed by atoms with Crippen LogP contribution in [-0.2, 0) is 4.79 Å². The predicted molar refractivity (Wildman–Crippen MR) is 70.8 cm³/mol. The van der Waals surface area contributed by atoms with Gasteiger partial charge in [-0.05, 0) is 38.8 Å². The van der Waals surface area contributed by atoms with E-state index in [9.17, 15) is 4.79 Å². The van der Waals surface area contributed by atoms with Gasteiger partial charge in [0.15, 0.2) is 0 Å². The Hall–Kier alpha value is -0.610. The predicted octanol–water partition coefficient (Wildman–Crippen LogP) is 1.06. The van der Waals surface area contributed by atoms with Crippen molar-refractivity contribution >= 4 is 5.91 Å². The van der Waals surface area contributed by atoms with Crippen molar-refractivity contribution in [2.45, 2.75) is 45.1 Å². The number of nitrogens with zero attached hydrogens (tertiary/aromatic N) is 2. The molecule has 0 aliphatic carbocycles. The smallest absolute Gasteiger partial charge is 0.222 e. The summed E-state index contributed by atoms with van der Waals surface area (Å²) in [6, 6.07) is 0.447. The molecule has 4 nitrogen and oxygen atoms in total. The minimum atomic E-state index is 0.286. The minimum absolute atomic E-state index is 0.286. The third-order valence-corrected chi connectivity index (χ3v) is 3.79. The fraction of sp³-hybridized carbons (Fsp3) is 0.923. The van der Waals surface area contributed by atoms with Crippen LogP contribution in [0.3, 0.4) is 0 Å². The van der Waals surface area contributed by atoms with Gasteiger partial charge in [0.1, 0.15) is 0 Å². The molecule has 100 valence electrons. The zero-order valence-electron chi connectivity index (χ0n) is 11.3. The maximum Gasteiger partial charge on any atom is 0.222 e. The van der Waals surface area contributed by atoms with Crippen LogP contribution in [0.1, 0.15) is 39.0 Å². The number of hydrogen-bond donors (Lipinski definition) is 1. The Morgan fingerprint density at radius 1 is 1.35 bits per heavy atom. The quantitative estimate of drug-likeness (QED) is 0.707. The molecule has 1 amide bonds. The van der Waals surface area contributed by atoms with Crippen LogP contribution in [0.15, 0.2) is 0 Å². The van der Waals surface area contributed by atoms with E-state index in [0.29, 0.717) is 19.0 Å². The second kappa shape index (κ2) is 7.67. The Balaban J connectivity index is 2.27. The normalized spacial score (nSPS) is 18.3. The summed E-state index contributed by atoms with van der Waals surface area (Å²) in [6.07, 6.45) is 4.77. The van der Waals surface area contributed by atoms with Crippen LogP contribution in [0.5, 0.6) is 0 Å². The zero-order chi connectivity index (χ0) is 12.7. The second-order valence-corrected chi connectivity index (χ2v) is 4.92. The van der Waals surface area contributed by atoms with Crippen LogP contribution in [0.4, 0.5) is 0 Å². The first kappa shape index (κ1) is 14.5. The molecule has 1 aliphatic heterocycles. The molecule has 1 heterocycles. The van der Waals surface area contributed by atoms with Gasteiger partial charge in [0.2, 0.25) is 5.91 Å². The van der Waals surface area contributed by atoms with Crippen LogP contribution in [0.25, 0.3) is 0 Å². The lowest BCUT2D eigenvalue weighted by molar-refractivity contribution is -0.132. The number of nitrogens with two attached hydrogens (primary N) is 1. The van der Waals surface area contributed by atoms with Gasteiger partial charge in [-0.2, -0.15) is 0 Å². The fourth-order valence-corrected chi connectivity index (χ4v) is 2.42. The van der Waals surface area contributed by atoms with Crippen LogP contribution in [0, 0.1) is 0 Å². The van der Waals surface area contributed by atoms with Gasteiger partial charge in [-0.3, -0.25) is 4.79 Å². The summed E-state index contributed by atoms with van der Waals surface area (Å²) in [5, 5.41) is 0. The summed E-state index contributed by atoms with van der Waals surface area (Å²) < 4.78 is 0. The molecular weight excluding hydrogens is 214 g/mol. The van der Waals surface area contributed by atoms with Crippen LogP contribution in [-0.4, -0.2) is 55.0 Å². The molecule has 0 spiro atoms. The van der Waals surface area contributed by atoms with Crippen molar-refractivity contribution < 1.29 is 4.79 Å². The van der Waals surface area contributed by atoms with E-state index < -0.39 is 0 Å². The monoisotopic (exact) mass is 241 g/mol. The number of amides is 1. The highest BCUT2D eigenvalue weighted by molar-refractivity contribution is 5.76. The lowest BCUT2D eigenvalue weighted by Gasteiger charge is -2.36. The molecule has 17 heavy (non-hydrogen) atoms. The summed E-state index contributed by atoms with van der Waals surface area (Å²) in [5.41, 5.74) is 5.43. The van der Waals surface area contributed by atoms with E-state index >= 15 is 0 Å². The molecule has 0 unspecified atom stereocenters. The van der Waals surface area contributed by atoms with E-state index in [1.165, 1.54) is 0 Å². The maximum atomic E-state index is 11.9. The lowest BCUT2D eigenvalue weighted by Crippen LogP contribution is -2.45. The molecule has 1 fully saturated rings. The van der Waals surface area contributed by atoms with E-state index in [2.05, 4.69) is 11.8 Å². The molecular formula is C13H27N3O. The molecule has 1 aliphatic rings. The Bertz CT molecular complexity index is 225. The first-order valence-electron chi connectivity index (χ1n) is 6.87.